The standard InChI is InChI=1S/C17H18N2O2/c1-12-7-3-4-8-14(12)11-17(20)18-16-10-6-5-9-15(16)13(2)19-21/h3-10,21H,11H2,1-2H3,(H,18,20)/b19-13+. The molecule has 0 aliphatic rings. The molecule has 4 heteroatoms. The maximum absolute atomic E-state index is 12.2. The molecule has 0 aliphatic heterocycles. The van der Waals surface area contributed by atoms with E-state index in [0.717, 1.165) is 11.1 Å². The molecule has 0 fully saturated rings. The normalized spacial score (nSPS) is 11.2. The molecule has 0 heterocycles. The van der Waals surface area contributed by atoms with Crippen molar-refractivity contribution in [2.24, 2.45) is 5.16 Å². The molecule has 21 heavy (non-hydrogen) atoms. The first-order chi connectivity index (χ1) is 10.1. The Morgan fingerprint density at radius 1 is 1.14 bits per heavy atom. The first kappa shape index (κ1) is 14.8. The van der Waals surface area contributed by atoms with Gasteiger partial charge >= 0.3 is 0 Å². The number of hydrogen-bond acceptors (Lipinski definition) is 3. The van der Waals surface area contributed by atoms with E-state index in [1.807, 2.05) is 43.3 Å². The summed E-state index contributed by atoms with van der Waals surface area (Å²) >= 11 is 0. The minimum atomic E-state index is -0.0949. The molecule has 0 atom stereocenters. The fourth-order valence-electron chi connectivity index (χ4n) is 2.14. The molecule has 2 rings (SSSR count). The lowest BCUT2D eigenvalue weighted by Crippen LogP contribution is -2.17. The summed E-state index contributed by atoms with van der Waals surface area (Å²) in [7, 11) is 0. The lowest BCUT2D eigenvalue weighted by Gasteiger charge is -2.11. The maximum atomic E-state index is 12.2. The number of nitrogens with zero attached hydrogens (tertiary/aromatic N) is 1. The molecule has 108 valence electrons. The van der Waals surface area contributed by atoms with E-state index in [1.165, 1.54) is 0 Å². The van der Waals surface area contributed by atoms with E-state index in [-0.39, 0.29) is 5.91 Å². The van der Waals surface area contributed by atoms with Gasteiger partial charge in [0, 0.05) is 11.3 Å². The summed E-state index contributed by atoms with van der Waals surface area (Å²) in [6, 6.07) is 15.1. The van der Waals surface area contributed by atoms with Gasteiger partial charge in [-0.25, -0.2) is 0 Å². The average molecular weight is 282 g/mol. The number of rotatable bonds is 4. The Labute approximate surface area is 124 Å². The topological polar surface area (TPSA) is 61.7 Å². The van der Waals surface area contributed by atoms with Crippen molar-refractivity contribution in [1.29, 1.82) is 0 Å². The van der Waals surface area contributed by atoms with E-state index in [2.05, 4.69) is 10.5 Å². The number of hydrogen-bond donors (Lipinski definition) is 2. The van der Waals surface area contributed by atoms with Crippen molar-refractivity contribution >= 4 is 17.3 Å². The lowest BCUT2D eigenvalue weighted by molar-refractivity contribution is -0.115. The van der Waals surface area contributed by atoms with Crippen LogP contribution in [0.1, 0.15) is 23.6 Å². The lowest BCUT2D eigenvalue weighted by atomic mass is 10.0. The van der Waals surface area contributed by atoms with Crippen molar-refractivity contribution in [3.05, 3.63) is 65.2 Å². The van der Waals surface area contributed by atoms with Gasteiger partial charge in [0.1, 0.15) is 0 Å². The molecule has 0 unspecified atom stereocenters. The number of para-hydroxylation sites is 1. The van der Waals surface area contributed by atoms with Crippen molar-refractivity contribution in [2.75, 3.05) is 5.32 Å². The summed E-state index contributed by atoms with van der Waals surface area (Å²) in [4.78, 5) is 12.2. The van der Waals surface area contributed by atoms with Gasteiger partial charge in [-0.3, -0.25) is 4.79 Å². The van der Waals surface area contributed by atoms with Crippen molar-refractivity contribution in [2.45, 2.75) is 20.3 Å². The number of carbonyl (C=O) groups excluding carboxylic acids is 1. The fourth-order valence-corrected chi connectivity index (χ4v) is 2.14. The summed E-state index contributed by atoms with van der Waals surface area (Å²) in [5.41, 5.74) is 3.90. The van der Waals surface area contributed by atoms with E-state index < -0.39 is 0 Å². The number of amides is 1. The molecule has 1 amide bonds. The van der Waals surface area contributed by atoms with Gasteiger partial charge in [-0.1, -0.05) is 47.6 Å². The van der Waals surface area contributed by atoms with Crippen molar-refractivity contribution in [1.82, 2.24) is 0 Å². The number of aryl methyl sites for hydroxylation is 1. The predicted octanol–water partition coefficient (Wildman–Crippen LogP) is 3.37. The van der Waals surface area contributed by atoms with Gasteiger partial charge in [-0.15, -0.1) is 0 Å². The highest BCUT2D eigenvalue weighted by Crippen LogP contribution is 2.17. The highest BCUT2D eigenvalue weighted by atomic mass is 16.4. The quantitative estimate of drug-likeness (QED) is 0.513. The molecule has 2 N–H and O–H groups in total. The Morgan fingerprint density at radius 2 is 1.81 bits per heavy atom. The van der Waals surface area contributed by atoms with Gasteiger partial charge in [-0.2, -0.15) is 0 Å². The Kier molecular flexibility index (Phi) is 4.72. The van der Waals surface area contributed by atoms with Crippen LogP contribution < -0.4 is 5.32 Å². The zero-order chi connectivity index (χ0) is 15.2. The predicted molar refractivity (Wildman–Crippen MR) is 84.0 cm³/mol. The summed E-state index contributed by atoms with van der Waals surface area (Å²) < 4.78 is 0. The SMILES string of the molecule is C/C(=N\O)c1ccccc1NC(=O)Cc1ccccc1C. The molecule has 0 aromatic heterocycles. The summed E-state index contributed by atoms with van der Waals surface area (Å²) in [5, 5.41) is 15.0. The molecule has 0 saturated carbocycles. The molecule has 0 aliphatic carbocycles. The van der Waals surface area contributed by atoms with Crippen LogP contribution >= 0.6 is 0 Å². The van der Waals surface area contributed by atoms with Crippen LogP contribution in [0.2, 0.25) is 0 Å². The highest BCUT2D eigenvalue weighted by molar-refractivity contribution is 6.06. The number of anilines is 1. The van der Waals surface area contributed by atoms with Gasteiger partial charge in [0.15, 0.2) is 0 Å². The molecule has 2 aromatic carbocycles. The van der Waals surface area contributed by atoms with Crippen LogP contribution in [0.3, 0.4) is 0 Å². The average Bonchev–Trinajstić information content (AvgIpc) is 2.49. The highest BCUT2D eigenvalue weighted by Gasteiger charge is 2.10. The van der Waals surface area contributed by atoms with Crippen LogP contribution in [-0.4, -0.2) is 16.8 Å². The molecule has 0 radical (unpaired) electrons. The molecular formula is C17H18N2O2. The first-order valence-corrected chi connectivity index (χ1v) is 6.74. The second-order valence-electron chi connectivity index (χ2n) is 4.88. The van der Waals surface area contributed by atoms with E-state index in [1.54, 1.807) is 19.1 Å². The Bertz CT molecular complexity index is 678. The Hall–Kier alpha value is -2.62. The summed E-state index contributed by atoms with van der Waals surface area (Å²) in [6.07, 6.45) is 0.316. The number of oxime groups is 1. The third-order valence-electron chi connectivity index (χ3n) is 3.35. The van der Waals surface area contributed by atoms with Gasteiger partial charge in [0.25, 0.3) is 0 Å². The minimum Gasteiger partial charge on any atom is -0.411 e. The second kappa shape index (κ2) is 6.70. The van der Waals surface area contributed by atoms with Crippen LogP contribution in [0.15, 0.2) is 53.7 Å². The monoisotopic (exact) mass is 282 g/mol. The fraction of sp³-hybridized carbons (Fsp3) is 0.176. The first-order valence-electron chi connectivity index (χ1n) is 6.74. The van der Waals surface area contributed by atoms with Crippen LogP contribution in [0.25, 0.3) is 0 Å². The van der Waals surface area contributed by atoms with Crippen molar-refractivity contribution in [3.8, 4) is 0 Å². The smallest absolute Gasteiger partial charge is 0.228 e. The molecule has 4 nitrogen and oxygen atoms in total. The van der Waals surface area contributed by atoms with Crippen molar-refractivity contribution in [3.63, 3.8) is 0 Å². The molecule has 0 bridgehead atoms. The van der Waals surface area contributed by atoms with E-state index in [4.69, 9.17) is 5.21 Å². The Morgan fingerprint density at radius 3 is 2.52 bits per heavy atom. The van der Waals surface area contributed by atoms with Gasteiger partial charge in [0.05, 0.1) is 12.1 Å². The Balaban J connectivity index is 2.16. The number of nitrogens with one attached hydrogen (secondary N) is 1. The van der Waals surface area contributed by atoms with Crippen LogP contribution in [0.4, 0.5) is 5.69 Å². The number of benzene rings is 2. The van der Waals surface area contributed by atoms with Gasteiger partial charge in [0.2, 0.25) is 5.91 Å². The van der Waals surface area contributed by atoms with Crippen LogP contribution in [0.5, 0.6) is 0 Å². The molecule has 0 saturated heterocycles. The molecule has 0 spiro atoms. The van der Waals surface area contributed by atoms with Crippen LogP contribution in [-0.2, 0) is 11.2 Å². The minimum absolute atomic E-state index is 0.0949. The molecule has 2 aromatic rings. The summed E-state index contributed by atoms with van der Waals surface area (Å²) in [5.74, 6) is -0.0949. The maximum Gasteiger partial charge on any atom is 0.228 e. The number of carbonyl (C=O) groups is 1. The summed E-state index contributed by atoms with van der Waals surface area (Å²) in [6.45, 7) is 3.67. The van der Waals surface area contributed by atoms with E-state index >= 15 is 0 Å². The van der Waals surface area contributed by atoms with Crippen LogP contribution in [0, 0.1) is 6.92 Å². The van der Waals surface area contributed by atoms with Gasteiger partial charge < -0.3 is 10.5 Å². The van der Waals surface area contributed by atoms with E-state index in [9.17, 15) is 4.79 Å². The largest absolute Gasteiger partial charge is 0.411 e. The third-order valence-corrected chi connectivity index (χ3v) is 3.35. The van der Waals surface area contributed by atoms with Gasteiger partial charge in [-0.05, 0) is 31.0 Å². The third kappa shape index (κ3) is 3.69. The zero-order valence-corrected chi connectivity index (χ0v) is 12.1. The van der Waals surface area contributed by atoms with E-state index in [0.29, 0.717) is 23.4 Å². The second-order valence-corrected chi connectivity index (χ2v) is 4.88. The van der Waals surface area contributed by atoms with Crippen molar-refractivity contribution < 1.29 is 10.0 Å². The zero-order valence-electron chi connectivity index (χ0n) is 12.1. The molecular weight excluding hydrogens is 264 g/mol.